The van der Waals surface area contributed by atoms with E-state index in [0.29, 0.717) is 30.0 Å². The van der Waals surface area contributed by atoms with Crippen LogP contribution >= 0.6 is 0 Å². The predicted octanol–water partition coefficient (Wildman–Crippen LogP) is 6.16. The van der Waals surface area contributed by atoms with Crippen molar-refractivity contribution in [2.24, 2.45) is 0 Å². The summed E-state index contributed by atoms with van der Waals surface area (Å²) in [5.74, 6) is 6.07. The van der Waals surface area contributed by atoms with E-state index in [-0.39, 0.29) is 23.4 Å². The lowest BCUT2D eigenvalue weighted by Crippen LogP contribution is -2.44. The number of anilines is 2. The molecule has 1 aromatic heterocycles. The van der Waals surface area contributed by atoms with E-state index in [1.165, 1.54) is 12.1 Å². The normalized spacial score (nSPS) is 14.4. The van der Waals surface area contributed by atoms with Gasteiger partial charge >= 0.3 is 6.18 Å². The van der Waals surface area contributed by atoms with Crippen LogP contribution in [0, 0.1) is 32.6 Å². The van der Waals surface area contributed by atoms with E-state index in [2.05, 4.69) is 33.1 Å². The zero-order valence-electron chi connectivity index (χ0n) is 24.7. The number of hydrogen-bond donors (Lipinski definition) is 2. The van der Waals surface area contributed by atoms with Crippen LogP contribution in [0.1, 0.15) is 49.3 Å². The number of carbonyl (C=O) groups excluding carboxylic acids is 1. The topological polar surface area (TPSA) is 74.5 Å². The third-order valence-electron chi connectivity index (χ3n) is 7.87. The van der Waals surface area contributed by atoms with Crippen LogP contribution in [0.25, 0.3) is 10.8 Å². The Kier molecular flexibility index (Phi) is 8.45. The summed E-state index contributed by atoms with van der Waals surface area (Å²) in [5, 5.41) is 4.50. The average molecular weight is 586 g/mol. The van der Waals surface area contributed by atoms with Crippen molar-refractivity contribution in [2.75, 3.05) is 44.3 Å². The van der Waals surface area contributed by atoms with Crippen LogP contribution in [0.2, 0.25) is 0 Å². The quantitative estimate of drug-likeness (QED) is 0.281. The molecular weight excluding hydrogens is 551 g/mol. The standard InChI is InChI=1S/C34H34F3N5O/c1-21-15-23(3)30-19-39-32(38)28(29(30)16-21)10-8-24-17-25(6-5-22(24)2)33(43)40-27-9-7-26(31(18-27)34(35,36)37)20-42-13-11-41(4)12-14-42/h5-7,9,15-19H,11-14,20H2,1-4H3,(H2,38,39)(H,40,43). The molecule has 3 aromatic carbocycles. The highest BCUT2D eigenvalue weighted by Crippen LogP contribution is 2.35. The lowest BCUT2D eigenvalue weighted by atomic mass is 9.99. The van der Waals surface area contributed by atoms with Gasteiger partial charge in [0, 0.05) is 66.5 Å². The first-order valence-corrected chi connectivity index (χ1v) is 14.1. The Morgan fingerprint density at radius 1 is 0.953 bits per heavy atom. The number of amides is 1. The first-order valence-electron chi connectivity index (χ1n) is 14.1. The molecule has 0 radical (unpaired) electrons. The number of nitrogens with one attached hydrogen (secondary N) is 1. The zero-order chi connectivity index (χ0) is 30.9. The highest BCUT2D eigenvalue weighted by molar-refractivity contribution is 6.04. The molecule has 0 atom stereocenters. The van der Waals surface area contributed by atoms with Gasteiger partial charge in [-0.15, -0.1) is 0 Å². The van der Waals surface area contributed by atoms with Gasteiger partial charge in [0.15, 0.2) is 0 Å². The summed E-state index contributed by atoms with van der Waals surface area (Å²) in [6, 6.07) is 13.1. The Morgan fingerprint density at radius 2 is 1.70 bits per heavy atom. The van der Waals surface area contributed by atoms with Gasteiger partial charge in [0.05, 0.1) is 11.1 Å². The van der Waals surface area contributed by atoms with Gasteiger partial charge in [-0.2, -0.15) is 13.2 Å². The fraction of sp³-hybridized carbons (Fsp3) is 0.294. The summed E-state index contributed by atoms with van der Waals surface area (Å²) in [5.41, 5.74) is 10.2. The smallest absolute Gasteiger partial charge is 0.383 e. The van der Waals surface area contributed by atoms with E-state index in [1.807, 2.05) is 38.8 Å². The molecule has 1 aliphatic rings. The van der Waals surface area contributed by atoms with Gasteiger partial charge in [-0.25, -0.2) is 4.98 Å². The average Bonchev–Trinajstić information content (AvgIpc) is 2.94. The number of nitrogens with zero attached hydrogens (tertiary/aromatic N) is 3. The van der Waals surface area contributed by atoms with Crippen LogP contribution in [0.3, 0.4) is 0 Å². The fourth-order valence-electron chi connectivity index (χ4n) is 5.36. The molecule has 1 fully saturated rings. The molecule has 0 bridgehead atoms. The van der Waals surface area contributed by atoms with Crippen LogP contribution in [0.4, 0.5) is 24.7 Å². The molecule has 6 nitrogen and oxygen atoms in total. The highest BCUT2D eigenvalue weighted by Gasteiger charge is 2.34. The summed E-state index contributed by atoms with van der Waals surface area (Å²) < 4.78 is 42.1. The Labute approximate surface area is 249 Å². The number of aryl methyl sites for hydroxylation is 3. The van der Waals surface area contributed by atoms with Crippen molar-refractivity contribution in [3.63, 3.8) is 0 Å². The second kappa shape index (κ2) is 12.1. The Bertz CT molecular complexity index is 1760. The van der Waals surface area contributed by atoms with Gasteiger partial charge in [-0.3, -0.25) is 9.69 Å². The van der Waals surface area contributed by atoms with Crippen LogP contribution in [0.5, 0.6) is 0 Å². The van der Waals surface area contributed by atoms with Crippen molar-refractivity contribution in [2.45, 2.75) is 33.5 Å². The number of carbonyl (C=O) groups is 1. The summed E-state index contributed by atoms with van der Waals surface area (Å²) in [4.78, 5) is 21.7. The molecule has 43 heavy (non-hydrogen) atoms. The van der Waals surface area contributed by atoms with Crippen LogP contribution in [-0.2, 0) is 12.7 Å². The van der Waals surface area contributed by atoms with Crippen molar-refractivity contribution in [3.8, 4) is 11.8 Å². The monoisotopic (exact) mass is 585 g/mol. The zero-order valence-corrected chi connectivity index (χ0v) is 24.7. The largest absolute Gasteiger partial charge is 0.416 e. The van der Waals surface area contributed by atoms with E-state index in [0.717, 1.165) is 46.6 Å². The van der Waals surface area contributed by atoms with Gasteiger partial charge in [0.1, 0.15) is 5.82 Å². The number of likely N-dealkylation sites (N-methyl/N-ethyl adjacent to an activating group) is 1. The predicted molar refractivity (Wildman–Crippen MR) is 165 cm³/mol. The number of piperazine rings is 1. The van der Waals surface area contributed by atoms with Crippen LogP contribution in [0.15, 0.2) is 54.7 Å². The van der Waals surface area contributed by atoms with Crippen LogP contribution < -0.4 is 11.1 Å². The molecule has 1 aliphatic heterocycles. The molecule has 0 unspecified atom stereocenters. The van der Waals surface area contributed by atoms with E-state index < -0.39 is 17.6 Å². The number of halogens is 3. The van der Waals surface area contributed by atoms with E-state index in [1.54, 1.807) is 24.4 Å². The van der Waals surface area contributed by atoms with Crippen LogP contribution in [-0.4, -0.2) is 53.9 Å². The number of aromatic nitrogens is 1. The minimum Gasteiger partial charge on any atom is -0.383 e. The molecule has 3 N–H and O–H groups in total. The van der Waals surface area contributed by atoms with Gasteiger partial charge in [-0.05, 0) is 74.8 Å². The van der Waals surface area contributed by atoms with Gasteiger partial charge in [0.2, 0.25) is 0 Å². The molecule has 0 aliphatic carbocycles. The molecule has 4 aromatic rings. The molecule has 5 rings (SSSR count). The van der Waals surface area contributed by atoms with E-state index in [4.69, 9.17) is 5.73 Å². The maximum absolute atomic E-state index is 14.0. The number of rotatable bonds is 4. The van der Waals surface area contributed by atoms with Crippen molar-refractivity contribution < 1.29 is 18.0 Å². The van der Waals surface area contributed by atoms with Gasteiger partial charge in [-0.1, -0.05) is 35.6 Å². The summed E-state index contributed by atoms with van der Waals surface area (Å²) in [7, 11) is 2.00. The summed E-state index contributed by atoms with van der Waals surface area (Å²) in [6.45, 7) is 9.11. The van der Waals surface area contributed by atoms with Crippen molar-refractivity contribution in [1.29, 1.82) is 0 Å². The number of pyridine rings is 1. The maximum Gasteiger partial charge on any atom is 0.416 e. The number of fused-ring (bicyclic) bond motifs is 1. The number of nitrogens with two attached hydrogens (primary N) is 1. The lowest BCUT2D eigenvalue weighted by Gasteiger charge is -2.33. The molecule has 9 heteroatoms. The SMILES string of the molecule is Cc1cc(C)c2cnc(N)c(C#Cc3cc(C(=O)Nc4ccc(CN5CCN(C)CC5)c(C(F)(F)F)c4)ccc3C)c2c1. The minimum absolute atomic E-state index is 0.0769. The Morgan fingerprint density at radius 3 is 2.42 bits per heavy atom. The summed E-state index contributed by atoms with van der Waals surface area (Å²) >= 11 is 0. The van der Waals surface area contributed by atoms with E-state index >= 15 is 0 Å². The molecule has 0 saturated carbocycles. The second-order valence-electron chi connectivity index (χ2n) is 11.2. The minimum atomic E-state index is -4.55. The van der Waals surface area contributed by atoms with E-state index in [9.17, 15) is 18.0 Å². The molecule has 2 heterocycles. The third kappa shape index (κ3) is 6.82. The number of nitrogen functional groups attached to an aromatic ring is 1. The molecule has 222 valence electrons. The van der Waals surface area contributed by atoms with Crippen molar-refractivity contribution in [1.82, 2.24) is 14.8 Å². The molecule has 1 amide bonds. The van der Waals surface area contributed by atoms with Gasteiger partial charge < -0.3 is 16.0 Å². The van der Waals surface area contributed by atoms with Crippen molar-refractivity contribution in [3.05, 3.63) is 99.2 Å². The maximum atomic E-state index is 14.0. The van der Waals surface area contributed by atoms with Crippen molar-refractivity contribution >= 4 is 28.2 Å². The fourth-order valence-corrected chi connectivity index (χ4v) is 5.36. The number of hydrogen-bond acceptors (Lipinski definition) is 5. The number of alkyl halides is 3. The molecule has 0 spiro atoms. The highest BCUT2D eigenvalue weighted by atomic mass is 19.4. The third-order valence-corrected chi connectivity index (χ3v) is 7.87. The Balaban J connectivity index is 1.40. The number of benzene rings is 3. The lowest BCUT2D eigenvalue weighted by molar-refractivity contribution is -0.138. The van der Waals surface area contributed by atoms with Gasteiger partial charge in [0.25, 0.3) is 5.91 Å². The first kappa shape index (κ1) is 30.1. The molecular formula is C34H34F3N5O. The summed E-state index contributed by atoms with van der Waals surface area (Å²) in [6.07, 6.45) is -2.81. The molecule has 1 saturated heterocycles. The second-order valence-corrected chi connectivity index (χ2v) is 11.2. The first-order chi connectivity index (χ1) is 20.4. The Hall–Kier alpha value is -4.39.